The Morgan fingerprint density at radius 2 is 1.74 bits per heavy atom. The van der Waals surface area contributed by atoms with Crippen molar-refractivity contribution in [2.75, 3.05) is 53.0 Å². The van der Waals surface area contributed by atoms with E-state index in [0.717, 1.165) is 43.9 Å². The molecule has 296 valence electrons. The fourth-order valence-electron chi connectivity index (χ4n) is 6.57. The molecular formula is C42H41Cl2FN6O5S. The first-order valence-corrected chi connectivity index (χ1v) is 20.1. The van der Waals surface area contributed by atoms with Gasteiger partial charge in [-0.05, 0) is 79.4 Å². The van der Waals surface area contributed by atoms with Gasteiger partial charge < -0.3 is 23.8 Å². The van der Waals surface area contributed by atoms with Crippen LogP contribution < -0.4 is 14.2 Å². The van der Waals surface area contributed by atoms with Crippen LogP contribution in [0.3, 0.4) is 0 Å². The van der Waals surface area contributed by atoms with Crippen LogP contribution in [0.25, 0.3) is 32.6 Å². The first kappa shape index (κ1) is 40.3. The number of rotatable bonds is 15. The molecule has 15 heteroatoms. The summed E-state index contributed by atoms with van der Waals surface area (Å²) in [4.78, 5) is 31.4. The highest BCUT2D eigenvalue weighted by Crippen LogP contribution is 2.45. The topological polar surface area (TPSA) is 112 Å². The zero-order valence-electron chi connectivity index (χ0n) is 31.7. The Bertz CT molecular complexity index is 2360. The van der Waals surface area contributed by atoms with Crippen molar-refractivity contribution in [3.05, 3.63) is 112 Å². The van der Waals surface area contributed by atoms with E-state index in [2.05, 4.69) is 36.2 Å². The van der Waals surface area contributed by atoms with Crippen LogP contribution >= 0.6 is 34.7 Å². The molecule has 0 radical (unpaired) electrons. The first-order valence-electron chi connectivity index (χ1n) is 18.6. The minimum Gasteiger partial charge on any atom is -0.491 e. The number of ether oxygens (including phenoxy) is 4. The molecule has 4 heterocycles. The molecule has 7 rings (SSSR count). The maximum absolute atomic E-state index is 14.5. The number of halogens is 3. The van der Waals surface area contributed by atoms with Gasteiger partial charge in [0.2, 0.25) is 12.0 Å². The molecule has 1 aliphatic rings. The third-order valence-electron chi connectivity index (χ3n) is 9.70. The molecule has 1 fully saturated rings. The van der Waals surface area contributed by atoms with Crippen molar-refractivity contribution < 1.29 is 28.1 Å². The number of benzene rings is 3. The number of hydrogen-bond donors (Lipinski definition) is 0. The molecule has 11 nitrogen and oxygen atoms in total. The number of carbonyl (C=O) groups is 1. The van der Waals surface area contributed by atoms with Crippen LogP contribution in [0.5, 0.6) is 17.4 Å². The van der Waals surface area contributed by atoms with Crippen LogP contribution in [0.1, 0.15) is 23.7 Å². The van der Waals surface area contributed by atoms with Crippen molar-refractivity contribution in [3.8, 4) is 39.9 Å². The van der Waals surface area contributed by atoms with Gasteiger partial charge in [-0.2, -0.15) is 4.37 Å². The van der Waals surface area contributed by atoms with Gasteiger partial charge in [-0.3, -0.25) is 4.90 Å². The highest BCUT2D eigenvalue weighted by Gasteiger charge is 2.29. The van der Waals surface area contributed by atoms with Crippen LogP contribution in [-0.4, -0.2) is 94.2 Å². The second-order valence-corrected chi connectivity index (χ2v) is 15.0. The van der Waals surface area contributed by atoms with Crippen molar-refractivity contribution in [3.63, 3.8) is 0 Å². The fraction of sp³-hybridized carbons (Fsp3) is 0.310. The third-order valence-corrected chi connectivity index (χ3v) is 11.2. The summed E-state index contributed by atoms with van der Waals surface area (Å²) in [5.41, 5.74) is 3.58. The number of hydrogen-bond acceptors (Lipinski definition) is 12. The molecule has 0 N–H and O–H groups in total. The van der Waals surface area contributed by atoms with E-state index in [1.165, 1.54) is 17.6 Å². The molecule has 1 saturated heterocycles. The van der Waals surface area contributed by atoms with Crippen molar-refractivity contribution in [2.45, 2.75) is 33.0 Å². The molecule has 1 aliphatic heterocycles. The molecule has 0 unspecified atom stereocenters. The predicted octanol–water partition coefficient (Wildman–Crippen LogP) is 8.33. The standard InChI is InChI=1S/C42H41Cl2FN6O5S/c1-4-53-42(52)34(23-27-9-5-8-12-32(27)55-25-28-15-16-46-40(48-28)30-10-6-7-11-31(30)45)56-41-37-35(57-49-41)24-47-39(44)36(37)29-13-14-33(38(43)26(29)2)54-22-21-51-19-17-50(3)18-20-51/h5-16,24,34H,4,17-23,25H2,1-3H3/t34-/m1/s1. The van der Waals surface area contributed by atoms with Gasteiger partial charge in [0.05, 0.1) is 33.0 Å². The zero-order chi connectivity index (χ0) is 39.9. The summed E-state index contributed by atoms with van der Waals surface area (Å²) >= 11 is 14.9. The Kier molecular flexibility index (Phi) is 13.1. The highest BCUT2D eigenvalue weighted by molar-refractivity contribution is 7.13. The van der Waals surface area contributed by atoms with Crippen LogP contribution in [0.2, 0.25) is 10.2 Å². The molecule has 6 aromatic rings. The lowest BCUT2D eigenvalue weighted by Gasteiger charge is -2.32. The van der Waals surface area contributed by atoms with E-state index in [4.69, 9.17) is 42.1 Å². The van der Waals surface area contributed by atoms with Crippen molar-refractivity contribution in [1.29, 1.82) is 0 Å². The summed E-state index contributed by atoms with van der Waals surface area (Å²) < 4.78 is 44.1. The number of nitrogens with zero attached hydrogens (tertiary/aromatic N) is 6. The number of esters is 1. The average molecular weight is 832 g/mol. The number of para-hydroxylation sites is 1. The molecule has 3 aromatic carbocycles. The Morgan fingerprint density at radius 3 is 2.54 bits per heavy atom. The Labute approximate surface area is 344 Å². The van der Waals surface area contributed by atoms with Gasteiger partial charge in [0.1, 0.15) is 35.7 Å². The molecule has 1 atom stereocenters. The maximum Gasteiger partial charge on any atom is 0.347 e. The molecule has 0 amide bonds. The second kappa shape index (κ2) is 18.6. The van der Waals surface area contributed by atoms with Gasteiger partial charge in [-0.15, -0.1) is 0 Å². The maximum atomic E-state index is 14.5. The van der Waals surface area contributed by atoms with Gasteiger partial charge in [0, 0.05) is 57.1 Å². The Balaban J connectivity index is 1.12. The van der Waals surface area contributed by atoms with Crippen LogP contribution in [0, 0.1) is 12.7 Å². The molecule has 0 aliphatic carbocycles. The van der Waals surface area contributed by atoms with E-state index in [1.54, 1.807) is 49.6 Å². The van der Waals surface area contributed by atoms with Crippen molar-refractivity contribution in [2.24, 2.45) is 0 Å². The SMILES string of the molecule is CCOC(=O)[C@@H](Cc1ccccc1OCc1ccnc(-c2ccccc2F)n1)Oc1nsc2cnc(Cl)c(-c3ccc(OCCN4CCN(C)CC4)c(Cl)c3C)c12. The van der Waals surface area contributed by atoms with E-state index in [9.17, 15) is 9.18 Å². The molecule has 0 spiro atoms. The molecule has 3 aromatic heterocycles. The molecule has 0 saturated carbocycles. The second-order valence-electron chi connectivity index (χ2n) is 13.5. The van der Waals surface area contributed by atoms with Gasteiger partial charge in [-0.1, -0.05) is 59.6 Å². The normalized spacial score (nSPS) is 14.1. The fourth-order valence-corrected chi connectivity index (χ4v) is 7.73. The average Bonchev–Trinajstić information content (AvgIpc) is 3.62. The summed E-state index contributed by atoms with van der Waals surface area (Å²) in [5, 5.41) is 1.29. The minimum atomic E-state index is -1.10. The van der Waals surface area contributed by atoms with E-state index >= 15 is 0 Å². The van der Waals surface area contributed by atoms with Gasteiger partial charge in [0.15, 0.2) is 5.82 Å². The van der Waals surface area contributed by atoms with Gasteiger partial charge >= 0.3 is 5.97 Å². The monoisotopic (exact) mass is 830 g/mol. The molecular weight excluding hydrogens is 790 g/mol. The summed E-state index contributed by atoms with van der Waals surface area (Å²) in [6, 6.07) is 19.1. The van der Waals surface area contributed by atoms with Crippen LogP contribution in [0.15, 0.2) is 79.1 Å². The van der Waals surface area contributed by atoms with Gasteiger partial charge in [0.25, 0.3) is 0 Å². The number of pyridine rings is 1. The quantitative estimate of drug-likeness (QED) is 0.0736. The number of aromatic nitrogens is 4. The van der Waals surface area contributed by atoms with Crippen molar-refractivity contribution in [1.82, 2.24) is 29.1 Å². The van der Waals surface area contributed by atoms with Crippen molar-refractivity contribution >= 4 is 50.8 Å². The van der Waals surface area contributed by atoms with Crippen LogP contribution in [0.4, 0.5) is 4.39 Å². The predicted molar refractivity (Wildman–Crippen MR) is 220 cm³/mol. The first-order chi connectivity index (χ1) is 27.7. The summed E-state index contributed by atoms with van der Waals surface area (Å²) in [5.74, 6) is 0.555. The minimum absolute atomic E-state index is 0.0689. The van der Waals surface area contributed by atoms with E-state index in [1.807, 2.05) is 37.3 Å². The number of piperazine rings is 1. The lowest BCUT2D eigenvalue weighted by atomic mass is 9.99. The van der Waals surface area contributed by atoms with E-state index in [0.29, 0.717) is 55.6 Å². The summed E-state index contributed by atoms with van der Waals surface area (Å²) in [7, 11) is 2.13. The summed E-state index contributed by atoms with van der Waals surface area (Å²) in [6.45, 7) is 9.24. The van der Waals surface area contributed by atoms with E-state index in [-0.39, 0.29) is 36.5 Å². The lowest BCUT2D eigenvalue weighted by Crippen LogP contribution is -2.45. The Hall–Kier alpha value is -4.92. The number of likely N-dealkylation sites (N-methyl/N-ethyl adjacent to an activating group) is 1. The lowest BCUT2D eigenvalue weighted by molar-refractivity contribution is -0.151. The molecule has 0 bridgehead atoms. The zero-order valence-corrected chi connectivity index (χ0v) is 34.0. The summed E-state index contributed by atoms with van der Waals surface area (Å²) in [6.07, 6.45) is 2.18. The largest absolute Gasteiger partial charge is 0.491 e. The van der Waals surface area contributed by atoms with Gasteiger partial charge in [-0.25, -0.2) is 24.1 Å². The number of fused-ring (bicyclic) bond motifs is 1. The smallest absolute Gasteiger partial charge is 0.347 e. The van der Waals surface area contributed by atoms with E-state index < -0.39 is 17.9 Å². The highest BCUT2D eigenvalue weighted by atomic mass is 35.5. The Morgan fingerprint density at radius 1 is 0.947 bits per heavy atom. The number of carbonyl (C=O) groups excluding carboxylic acids is 1. The van der Waals surface area contributed by atoms with Crippen LogP contribution in [-0.2, 0) is 22.6 Å². The molecule has 57 heavy (non-hydrogen) atoms. The third kappa shape index (κ3) is 9.45.